The van der Waals surface area contributed by atoms with Crippen LogP contribution in [0.4, 0.5) is 5.69 Å². The maximum atomic E-state index is 13.1. The Kier molecular flexibility index (Phi) is 3.81. The second-order valence-electron chi connectivity index (χ2n) is 8.08. The van der Waals surface area contributed by atoms with Crippen molar-refractivity contribution in [1.82, 2.24) is 20.5 Å². The van der Waals surface area contributed by atoms with Crippen LogP contribution in [0.3, 0.4) is 0 Å². The average Bonchev–Trinajstić information content (AvgIpc) is 3.22. The molecule has 6 nitrogen and oxygen atoms in total. The van der Waals surface area contributed by atoms with E-state index in [-0.39, 0.29) is 11.3 Å². The summed E-state index contributed by atoms with van der Waals surface area (Å²) < 4.78 is 0. The molecule has 2 aliphatic carbocycles. The molecule has 26 heavy (non-hydrogen) atoms. The second-order valence-corrected chi connectivity index (χ2v) is 8.08. The van der Waals surface area contributed by atoms with Gasteiger partial charge in [0.2, 0.25) is 5.91 Å². The van der Waals surface area contributed by atoms with E-state index >= 15 is 0 Å². The van der Waals surface area contributed by atoms with Crippen LogP contribution in [0.5, 0.6) is 0 Å². The number of nitrogens with zero attached hydrogens (tertiary/aromatic N) is 2. The van der Waals surface area contributed by atoms with Crippen LogP contribution in [0.15, 0.2) is 24.3 Å². The van der Waals surface area contributed by atoms with Gasteiger partial charge in [-0.05, 0) is 50.3 Å². The summed E-state index contributed by atoms with van der Waals surface area (Å²) in [6.07, 6.45) is 6.92. The predicted octanol–water partition coefficient (Wildman–Crippen LogP) is 3.07. The van der Waals surface area contributed by atoms with Gasteiger partial charge in [-0.1, -0.05) is 25.0 Å². The third-order valence-electron chi connectivity index (χ3n) is 6.34. The Morgan fingerprint density at radius 1 is 1.23 bits per heavy atom. The lowest BCUT2D eigenvalue weighted by Crippen LogP contribution is -2.44. The molecule has 3 fully saturated rings. The third-order valence-corrected chi connectivity index (χ3v) is 6.34. The minimum Gasteiger partial charge on any atom is -0.326 e. The van der Waals surface area contributed by atoms with Crippen LogP contribution in [-0.2, 0) is 4.79 Å². The van der Waals surface area contributed by atoms with E-state index in [9.17, 15) is 4.79 Å². The molecule has 2 atom stereocenters. The first-order valence-corrected chi connectivity index (χ1v) is 9.79. The van der Waals surface area contributed by atoms with Crippen molar-refractivity contribution < 1.29 is 4.79 Å². The molecule has 3 N–H and O–H groups in total. The van der Waals surface area contributed by atoms with Gasteiger partial charge in [-0.2, -0.15) is 5.10 Å². The van der Waals surface area contributed by atoms with E-state index in [1.165, 1.54) is 19.3 Å². The van der Waals surface area contributed by atoms with Crippen molar-refractivity contribution in [2.45, 2.75) is 44.4 Å². The van der Waals surface area contributed by atoms with Gasteiger partial charge in [0.05, 0.1) is 5.41 Å². The topological polar surface area (TPSA) is 82.7 Å². The monoisotopic (exact) mass is 351 g/mol. The van der Waals surface area contributed by atoms with Gasteiger partial charge in [0.25, 0.3) is 0 Å². The molecule has 2 saturated carbocycles. The number of hydrogen-bond acceptors (Lipinski definition) is 4. The van der Waals surface area contributed by atoms with Crippen LogP contribution >= 0.6 is 0 Å². The minimum absolute atomic E-state index is 0.165. The molecule has 1 aliphatic heterocycles. The maximum Gasteiger partial charge on any atom is 0.232 e. The van der Waals surface area contributed by atoms with E-state index in [1.807, 2.05) is 24.3 Å². The van der Waals surface area contributed by atoms with Crippen molar-refractivity contribution in [3.8, 4) is 11.4 Å². The van der Waals surface area contributed by atoms with E-state index < -0.39 is 0 Å². The predicted molar refractivity (Wildman–Crippen MR) is 99.7 cm³/mol. The zero-order chi connectivity index (χ0) is 17.6. The Morgan fingerprint density at radius 2 is 2.15 bits per heavy atom. The number of H-pyrrole nitrogens is 1. The molecule has 1 aromatic heterocycles. The molecular weight excluding hydrogens is 326 g/mol. The maximum absolute atomic E-state index is 13.1. The number of rotatable bonds is 4. The van der Waals surface area contributed by atoms with E-state index in [0.717, 1.165) is 49.4 Å². The van der Waals surface area contributed by atoms with E-state index in [0.29, 0.717) is 17.7 Å². The summed E-state index contributed by atoms with van der Waals surface area (Å²) in [7, 11) is 0. The Bertz CT molecular complexity index is 827. The summed E-state index contributed by atoms with van der Waals surface area (Å²) in [4.78, 5) is 17.7. The summed E-state index contributed by atoms with van der Waals surface area (Å²) in [6.45, 7) is 1.77. The second kappa shape index (κ2) is 6.20. The van der Waals surface area contributed by atoms with Crippen molar-refractivity contribution in [3.05, 3.63) is 30.1 Å². The molecule has 6 heteroatoms. The fourth-order valence-electron chi connectivity index (χ4n) is 4.62. The normalized spacial score (nSPS) is 27.9. The number of anilines is 1. The van der Waals surface area contributed by atoms with Gasteiger partial charge >= 0.3 is 0 Å². The van der Waals surface area contributed by atoms with Crippen LogP contribution in [0.25, 0.3) is 11.4 Å². The highest BCUT2D eigenvalue weighted by Gasteiger charge is 2.49. The lowest BCUT2D eigenvalue weighted by atomic mass is 9.67. The van der Waals surface area contributed by atoms with Crippen molar-refractivity contribution in [3.63, 3.8) is 0 Å². The van der Waals surface area contributed by atoms with Gasteiger partial charge in [0.1, 0.15) is 5.82 Å². The highest BCUT2D eigenvalue weighted by molar-refractivity contribution is 5.96. The van der Waals surface area contributed by atoms with Gasteiger partial charge in [-0.15, -0.1) is 0 Å². The van der Waals surface area contributed by atoms with E-state index in [4.69, 9.17) is 0 Å². The molecule has 0 spiro atoms. The number of hydrogen-bond donors (Lipinski definition) is 3. The van der Waals surface area contributed by atoms with Crippen LogP contribution in [0, 0.1) is 11.3 Å². The molecule has 3 aliphatic rings. The van der Waals surface area contributed by atoms with Crippen LogP contribution in [-0.4, -0.2) is 34.2 Å². The summed E-state index contributed by atoms with van der Waals surface area (Å²) in [5, 5.41) is 14.0. The number of benzene rings is 1. The smallest absolute Gasteiger partial charge is 0.232 e. The number of amides is 1. The zero-order valence-electron chi connectivity index (χ0n) is 14.9. The molecule has 2 heterocycles. The Morgan fingerprint density at radius 3 is 3.04 bits per heavy atom. The molecule has 0 bridgehead atoms. The summed E-state index contributed by atoms with van der Waals surface area (Å²) in [5.41, 5.74) is 1.53. The van der Waals surface area contributed by atoms with Gasteiger partial charge in [-0.3, -0.25) is 9.89 Å². The third kappa shape index (κ3) is 2.72. The highest BCUT2D eigenvalue weighted by Crippen LogP contribution is 2.44. The molecule has 0 unspecified atom stereocenters. The first-order chi connectivity index (χ1) is 12.7. The first kappa shape index (κ1) is 16.0. The number of aromatic nitrogens is 3. The van der Waals surface area contributed by atoms with Crippen molar-refractivity contribution in [2.75, 3.05) is 18.4 Å². The lowest BCUT2D eigenvalue weighted by molar-refractivity contribution is -0.128. The zero-order valence-corrected chi connectivity index (χ0v) is 14.9. The van der Waals surface area contributed by atoms with Gasteiger partial charge in [0, 0.05) is 23.7 Å². The SMILES string of the molecule is O=C(Nc1cccc(-c2n[nH]c(C3CC3)n2)c1)[C@@]12CCCC[C@H]1CNC2. The quantitative estimate of drug-likeness (QED) is 0.790. The highest BCUT2D eigenvalue weighted by atomic mass is 16.2. The molecule has 5 rings (SSSR count). The number of nitrogens with one attached hydrogen (secondary N) is 3. The van der Waals surface area contributed by atoms with Crippen molar-refractivity contribution in [1.29, 1.82) is 0 Å². The summed E-state index contributed by atoms with van der Waals surface area (Å²) in [6, 6.07) is 7.89. The fraction of sp³-hybridized carbons (Fsp3) is 0.550. The van der Waals surface area contributed by atoms with Gasteiger partial charge in [-0.25, -0.2) is 4.98 Å². The summed E-state index contributed by atoms with van der Waals surface area (Å²) in [5.74, 6) is 2.87. The molecule has 136 valence electrons. The largest absolute Gasteiger partial charge is 0.326 e. The fourth-order valence-corrected chi connectivity index (χ4v) is 4.62. The summed E-state index contributed by atoms with van der Waals surface area (Å²) >= 11 is 0. The molecule has 0 radical (unpaired) electrons. The van der Waals surface area contributed by atoms with Crippen molar-refractivity contribution in [2.24, 2.45) is 11.3 Å². The first-order valence-electron chi connectivity index (χ1n) is 9.79. The Hall–Kier alpha value is -2.21. The average molecular weight is 351 g/mol. The van der Waals surface area contributed by atoms with Crippen LogP contribution in [0.2, 0.25) is 0 Å². The van der Waals surface area contributed by atoms with Crippen LogP contribution < -0.4 is 10.6 Å². The van der Waals surface area contributed by atoms with Crippen LogP contribution in [0.1, 0.15) is 50.3 Å². The molecule has 1 aromatic carbocycles. The Balaban J connectivity index is 1.36. The molecule has 1 saturated heterocycles. The number of fused-ring (bicyclic) bond motifs is 1. The Labute approximate surface area is 153 Å². The number of aromatic amines is 1. The number of carbonyl (C=O) groups excluding carboxylic acids is 1. The minimum atomic E-state index is -0.238. The van der Waals surface area contributed by atoms with E-state index in [2.05, 4.69) is 25.8 Å². The van der Waals surface area contributed by atoms with Crippen molar-refractivity contribution >= 4 is 11.6 Å². The number of carbonyl (C=O) groups is 1. The molecule has 2 aromatic rings. The lowest BCUT2D eigenvalue weighted by Gasteiger charge is -2.37. The van der Waals surface area contributed by atoms with E-state index in [1.54, 1.807) is 0 Å². The standard InChI is InChI=1S/C20H25N5O/c26-19(20-9-2-1-5-15(20)11-21-12-20)22-16-6-3-4-14(10-16)18-23-17(24-25-18)13-7-8-13/h3-4,6,10,13,15,21H,1-2,5,7-9,11-12H2,(H,22,26)(H,23,24,25)/t15-,20+/m0/s1. The van der Waals surface area contributed by atoms with Gasteiger partial charge < -0.3 is 10.6 Å². The van der Waals surface area contributed by atoms with Gasteiger partial charge in [0.15, 0.2) is 5.82 Å². The molecule has 1 amide bonds. The molecular formula is C20H25N5O.